The zero-order chi connectivity index (χ0) is 15.2. The minimum absolute atomic E-state index is 0.408. The molecule has 5 rings (SSSR count). The van der Waals surface area contributed by atoms with Crippen LogP contribution in [0.1, 0.15) is 29.2 Å². The first kappa shape index (κ1) is 12.8. The second-order valence-electron chi connectivity index (χ2n) is 6.35. The van der Waals surface area contributed by atoms with E-state index in [1.54, 1.807) is 6.26 Å². The number of aromatic nitrogens is 2. The summed E-state index contributed by atoms with van der Waals surface area (Å²) in [6.45, 7) is 0. The van der Waals surface area contributed by atoms with Gasteiger partial charge >= 0.3 is 0 Å². The van der Waals surface area contributed by atoms with Crippen LogP contribution in [0.15, 0.2) is 59.3 Å². The van der Waals surface area contributed by atoms with Gasteiger partial charge in [0.1, 0.15) is 12.0 Å². The Bertz CT molecular complexity index is 1000. The van der Waals surface area contributed by atoms with Gasteiger partial charge in [0.15, 0.2) is 0 Å². The monoisotopic (exact) mass is 300 g/mol. The molecule has 0 aliphatic heterocycles. The molecule has 0 N–H and O–H groups in total. The lowest BCUT2D eigenvalue weighted by atomic mass is 9.80. The van der Waals surface area contributed by atoms with Crippen LogP contribution in [0.4, 0.5) is 0 Å². The van der Waals surface area contributed by atoms with Crippen LogP contribution in [-0.4, -0.2) is 10.4 Å². The van der Waals surface area contributed by atoms with Crippen molar-refractivity contribution in [2.24, 2.45) is 0 Å². The van der Waals surface area contributed by atoms with Crippen molar-refractivity contribution in [3.63, 3.8) is 0 Å². The van der Waals surface area contributed by atoms with Crippen molar-refractivity contribution in [1.29, 1.82) is 0 Å². The van der Waals surface area contributed by atoms with Gasteiger partial charge in [-0.25, -0.2) is 0 Å². The summed E-state index contributed by atoms with van der Waals surface area (Å²) < 4.78 is 4.94. The first-order chi connectivity index (χ1) is 11.4. The largest absolute Gasteiger partial charge is 0.345 e. The van der Waals surface area contributed by atoms with E-state index in [2.05, 4.69) is 58.9 Å². The molecule has 4 aromatic rings. The topological polar surface area (TPSA) is 38.9 Å². The van der Waals surface area contributed by atoms with E-state index in [4.69, 9.17) is 4.52 Å². The minimum atomic E-state index is 0.408. The van der Waals surface area contributed by atoms with Crippen molar-refractivity contribution in [2.45, 2.75) is 25.2 Å². The predicted molar refractivity (Wildman–Crippen MR) is 90.5 cm³/mol. The fraction of sp³-hybridized carbons (Fsp3) is 0.200. The molecule has 0 bridgehead atoms. The Hall–Kier alpha value is -2.68. The zero-order valence-electron chi connectivity index (χ0n) is 12.7. The van der Waals surface area contributed by atoms with E-state index in [9.17, 15) is 0 Å². The zero-order valence-corrected chi connectivity index (χ0v) is 12.7. The molecule has 3 aromatic carbocycles. The molecule has 112 valence electrons. The average Bonchev–Trinajstić information content (AvgIpc) is 3.15. The van der Waals surface area contributed by atoms with Crippen molar-refractivity contribution in [2.75, 3.05) is 0 Å². The van der Waals surface area contributed by atoms with E-state index >= 15 is 0 Å². The van der Waals surface area contributed by atoms with Gasteiger partial charge in [-0.15, -0.1) is 5.10 Å². The van der Waals surface area contributed by atoms with Crippen molar-refractivity contribution in [1.82, 2.24) is 10.4 Å². The lowest BCUT2D eigenvalue weighted by molar-refractivity contribution is 0.392. The van der Waals surface area contributed by atoms with Crippen molar-refractivity contribution < 1.29 is 4.52 Å². The van der Waals surface area contributed by atoms with E-state index < -0.39 is 0 Å². The highest BCUT2D eigenvalue weighted by Gasteiger charge is 2.24. The Balaban J connectivity index is 1.72. The Kier molecular flexibility index (Phi) is 2.74. The molecule has 0 fully saturated rings. The molecule has 1 atom stereocenters. The summed E-state index contributed by atoms with van der Waals surface area (Å²) in [7, 11) is 0. The van der Waals surface area contributed by atoms with Crippen LogP contribution < -0.4 is 0 Å². The molecule has 23 heavy (non-hydrogen) atoms. The maximum absolute atomic E-state index is 4.94. The first-order valence-electron chi connectivity index (χ1n) is 8.09. The molecule has 1 aliphatic carbocycles. The van der Waals surface area contributed by atoms with Gasteiger partial charge in [-0.05, 0) is 51.9 Å². The van der Waals surface area contributed by atoms with Gasteiger partial charge < -0.3 is 4.52 Å². The minimum Gasteiger partial charge on any atom is -0.345 e. The molecule has 0 spiro atoms. The van der Waals surface area contributed by atoms with E-state index in [1.807, 2.05) is 0 Å². The Morgan fingerprint density at radius 1 is 0.913 bits per heavy atom. The SMILES string of the molecule is c1ccc2c(c1)ccc1c3c(ccc12)CCC(c1conn1)C3. The van der Waals surface area contributed by atoms with Crippen LogP contribution in [0.2, 0.25) is 0 Å². The van der Waals surface area contributed by atoms with Gasteiger partial charge in [0, 0.05) is 11.2 Å². The second-order valence-corrected chi connectivity index (χ2v) is 6.35. The van der Waals surface area contributed by atoms with E-state index in [1.165, 1.54) is 32.7 Å². The summed E-state index contributed by atoms with van der Waals surface area (Å²) in [5.74, 6) is 0.408. The van der Waals surface area contributed by atoms with Crippen LogP contribution >= 0.6 is 0 Å². The smallest absolute Gasteiger partial charge is 0.147 e. The van der Waals surface area contributed by atoms with Gasteiger partial charge in [-0.3, -0.25) is 0 Å². The van der Waals surface area contributed by atoms with Gasteiger partial charge in [-0.1, -0.05) is 48.5 Å². The summed E-state index contributed by atoms with van der Waals surface area (Å²) in [4.78, 5) is 0. The fourth-order valence-electron chi connectivity index (χ4n) is 3.95. The Labute approximate surface area is 133 Å². The van der Waals surface area contributed by atoms with E-state index in [0.717, 1.165) is 25.0 Å². The van der Waals surface area contributed by atoms with Crippen LogP contribution in [0.25, 0.3) is 21.5 Å². The number of fused-ring (bicyclic) bond motifs is 5. The highest BCUT2D eigenvalue weighted by Crippen LogP contribution is 2.37. The summed E-state index contributed by atoms with van der Waals surface area (Å²) >= 11 is 0. The Morgan fingerprint density at radius 3 is 2.74 bits per heavy atom. The van der Waals surface area contributed by atoms with Crippen LogP contribution in [0.3, 0.4) is 0 Å². The molecular formula is C20H16N2O. The van der Waals surface area contributed by atoms with E-state index in [0.29, 0.717) is 5.92 Å². The van der Waals surface area contributed by atoms with Gasteiger partial charge in [-0.2, -0.15) is 0 Å². The predicted octanol–water partition coefficient (Wildman–Crippen LogP) is 4.65. The lowest BCUT2D eigenvalue weighted by Crippen LogP contribution is -2.13. The highest BCUT2D eigenvalue weighted by atomic mass is 16.5. The molecule has 1 aliphatic rings. The molecule has 0 saturated carbocycles. The average molecular weight is 300 g/mol. The van der Waals surface area contributed by atoms with Crippen molar-refractivity contribution >= 4 is 21.5 Å². The molecule has 1 aromatic heterocycles. The van der Waals surface area contributed by atoms with E-state index in [-0.39, 0.29) is 0 Å². The third-order valence-electron chi connectivity index (χ3n) is 5.14. The number of benzene rings is 3. The summed E-state index contributed by atoms with van der Waals surface area (Å²) in [5, 5.41) is 13.1. The van der Waals surface area contributed by atoms with Crippen LogP contribution in [-0.2, 0) is 12.8 Å². The maximum atomic E-state index is 4.94. The summed E-state index contributed by atoms with van der Waals surface area (Å²) in [6, 6.07) is 17.7. The highest BCUT2D eigenvalue weighted by molar-refractivity contribution is 6.08. The third kappa shape index (κ3) is 1.96. The van der Waals surface area contributed by atoms with Gasteiger partial charge in [0.2, 0.25) is 0 Å². The quantitative estimate of drug-likeness (QED) is 0.480. The van der Waals surface area contributed by atoms with Crippen LogP contribution in [0, 0.1) is 0 Å². The number of rotatable bonds is 1. The first-order valence-corrected chi connectivity index (χ1v) is 8.09. The fourth-order valence-corrected chi connectivity index (χ4v) is 3.95. The normalized spacial score (nSPS) is 17.5. The Morgan fingerprint density at radius 2 is 1.83 bits per heavy atom. The summed E-state index contributed by atoms with van der Waals surface area (Å²) in [5.41, 5.74) is 3.92. The molecule has 1 heterocycles. The summed E-state index contributed by atoms with van der Waals surface area (Å²) in [6.07, 6.45) is 4.91. The standard InChI is InChI=1S/C20H16N2O/c1-2-4-16-13(3-1)7-10-18-17(16)9-8-14-5-6-15(11-19(14)18)20-12-23-22-21-20/h1-4,7-10,12,15H,5-6,11H2. The molecule has 0 saturated heterocycles. The number of aryl methyl sites for hydroxylation is 1. The number of nitrogens with zero attached hydrogens (tertiary/aromatic N) is 2. The van der Waals surface area contributed by atoms with Crippen LogP contribution in [0.5, 0.6) is 0 Å². The maximum Gasteiger partial charge on any atom is 0.147 e. The molecule has 1 unspecified atom stereocenters. The van der Waals surface area contributed by atoms with Crippen molar-refractivity contribution in [3.8, 4) is 0 Å². The molecule has 0 amide bonds. The van der Waals surface area contributed by atoms with Gasteiger partial charge in [0.25, 0.3) is 0 Å². The molecule has 0 radical (unpaired) electrons. The van der Waals surface area contributed by atoms with Gasteiger partial charge in [0.05, 0.1) is 0 Å². The van der Waals surface area contributed by atoms with Crippen molar-refractivity contribution in [3.05, 3.63) is 71.6 Å². The number of hydrogen-bond donors (Lipinski definition) is 0. The number of hydrogen-bond acceptors (Lipinski definition) is 3. The third-order valence-corrected chi connectivity index (χ3v) is 5.14. The molecule has 3 nitrogen and oxygen atoms in total. The molecule has 3 heteroatoms. The molecular weight excluding hydrogens is 284 g/mol. The lowest BCUT2D eigenvalue weighted by Gasteiger charge is -2.24. The second kappa shape index (κ2) is 4.92.